The maximum Gasteiger partial charge on any atom is 0.123 e. The van der Waals surface area contributed by atoms with Crippen molar-refractivity contribution in [2.75, 3.05) is 6.26 Å². The van der Waals surface area contributed by atoms with Gasteiger partial charge >= 0.3 is 0 Å². The summed E-state index contributed by atoms with van der Waals surface area (Å²) >= 11 is 3.49. The van der Waals surface area contributed by atoms with E-state index in [0.29, 0.717) is 0 Å². The van der Waals surface area contributed by atoms with Gasteiger partial charge in [0.1, 0.15) is 5.01 Å². The molecule has 0 saturated heterocycles. The summed E-state index contributed by atoms with van der Waals surface area (Å²) in [4.78, 5) is 6.01. The van der Waals surface area contributed by atoms with Crippen molar-refractivity contribution in [2.24, 2.45) is 0 Å². The Labute approximate surface area is 111 Å². The summed E-state index contributed by atoms with van der Waals surface area (Å²) in [7, 11) is 0. The fourth-order valence-electron chi connectivity index (χ4n) is 1.48. The Balaban J connectivity index is 2.30. The lowest BCUT2D eigenvalue weighted by molar-refractivity contribution is 0.573. The molecule has 1 heterocycles. The van der Waals surface area contributed by atoms with E-state index in [-0.39, 0.29) is 5.41 Å². The van der Waals surface area contributed by atoms with Crippen molar-refractivity contribution in [3.63, 3.8) is 0 Å². The highest BCUT2D eigenvalue weighted by molar-refractivity contribution is 7.98. The van der Waals surface area contributed by atoms with Gasteiger partial charge in [0.05, 0.1) is 5.69 Å². The maximum absolute atomic E-state index is 4.72. The van der Waals surface area contributed by atoms with Gasteiger partial charge in [-0.2, -0.15) is 0 Å². The van der Waals surface area contributed by atoms with Gasteiger partial charge in [-0.15, -0.1) is 23.1 Å². The first-order valence-electron chi connectivity index (χ1n) is 5.61. The average Bonchev–Trinajstić information content (AvgIpc) is 2.78. The summed E-state index contributed by atoms with van der Waals surface area (Å²) in [6, 6.07) is 8.60. The predicted molar refractivity (Wildman–Crippen MR) is 78.0 cm³/mol. The van der Waals surface area contributed by atoms with Crippen molar-refractivity contribution in [3.8, 4) is 10.6 Å². The molecule has 0 aliphatic carbocycles. The standard InChI is InChI=1S/C14H17NS2/c1-14(2,3)12-9-17-13(15-12)10-5-7-11(16-4)8-6-10/h5-9H,1-4H3. The molecule has 2 rings (SSSR count). The van der Waals surface area contributed by atoms with Crippen LogP contribution < -0.4 is 0 Å². The Bertz CT molecular complexity index is 492. The van der Waals surface area contributed by atoms with E-state index in [1.165, 1.54) is 16.2 Å². The Morgan fingerprint density at radius 3 is 2.24 bits per heavy atom. The zero-order chi connectivity index (χ0) is 12.5. The Morgan fingerprint density at radius 2 is 1.76 bits per heavy atom. The number of hydrogen-bond donors (Lipinski definition) is 0. The van der Waals surface area contributed by atoms with E-state index in [4.69, 9.17) is 4.98 Å². The second kappa shape index (κ2) is 4.83. The van der Waals surface area contributed by atoms with Crippen molar-refractivity contribution in [3.05, 3.63) is 35.3 Å². The van der Waals surface area contributed by atoms with Crippen molar-refractivity contribution < 1.29 is 0 Å². The fourth-order valence-corrected chi connectivity index (χ4v) is 2.95. The topological polar surface area (TPSA) is 12.9 Å². The number of benzene rings is 1. The molecule has 17 heavy (non-hydrogen) atoms. The van der Waals surface area contributed by atoms with E-state index in [1.807, 2.05) is 0 Å². The van der Waals surface area contributed by atoms with Gasteiger partial charge in [-0.05, 0) is 18.4 Å². The molecule has 0 aliphatic heterocycles. The van der Waals surface area contributed by atoms with Crippen molar-refractivity contribution in [1.82, 2.24) is 4.98 Å². The first-order chi connectivity index (χ1) is 8.00. The van der Waals surface area contributed by atoms with Gasteiger partial charge in [-0.3, -0.25) is 0 Å². The number of thioether (sulfide) groups is 1. The predicted octanol–water partition coefficient (Wildman–Crippen LogP) is 4.83. The molecule has 0 N–H and O–H groups in total. The molecule has 0 bridgehead atoms. The molecule has 0 saturated carbocycles. The van der Waals surface area contributed by atoms with Gasteiger partial charge in [0.2, 0.25) is 0 Å². The molecule has 90 valence electrons. The Kier molecular flexibility index (Phi) is 3.59. The number of rotatable bonds is 2. The van der Waals surface area contributed by atoms with Gasteiger partial charge in [0.25, 0.3) is 0 Å². The highest BCUT2D eigenvalue weighted by Crippen LogP contribution is 2.30. The highest BCUT2D eigenvalue weighted by atomic mass is 32.2. The smallest absolute Gasteiger partial charge is 0.123 e. The second-order valence-electron chi connectivity index (χ2n) is 5.02. The molecule has 0 fully saturated rings. The van der Waals surface area contributed by atoms with Crippen molar-refractivity contribution >= 4 is 23.1 Å². The lowest BCUT2D eigenvalue weighted by Gasteiger charge is -2.14. The molecule has 0 aliphatic rings. The summed E-state index contributed by atoms with van der Waals surface area (Å²) in [6.45, 7) is 6.59. The van der Waals surface area contributed by atoms with E-state index in [0.717, 1.165) is 5.01 Å². The van der Waals surface area contributed by atoms with Crippen LogP contribution in [0.2, 0.25) is 0 Å². The third-order valence-electron chi connectivity index (χ3n) is 2.61. The van der Waals surface area contributed by atoms with Crippen molar-refractivity contribution in [1.29, 1.82) is 0 Å². The SMILES string of the molecule is CSc1ccc(-c2nc(C(C)(C)C)cs2)cc1. The minimum atomic E-state index is 0.133. The van der Waals surface area contributed by atoms with Gasteiger partial charge in [0.15, 0.2) is 0 Å². The number of aromatic nitrogens is 1. The largest absolute Gasteiger partial charge is 0.241 e. The molecule has 2 aromatic rings. The molecule has 0 amide bonds. The molecule has 0 atom stereocenters. The molecule has 3 heteroatoms. The zero-order valence-corrected chi connectivity index (χ0v) is 12.3. The van der Waals surface area contributed by atoms with Gasteiger partial charge in [-0.1, -0.05) is 32.9 Å². The van der Waals surface area contributed by atoms with Crippen LogP contribution in [-0.2, 0) is 5.41 Å². The third kappa shape index (κ3) is 2.90. The van der Waals surface area contributed by atoms with Gasteiger partial charge in [0, 0.05) is 21.3 Å². The number of thiazole rings is 1. The molecule has 0 unspecified atom stereocenters. The summed E-state index contributed by atoms with van der Waals surface area (Å²) < 4.78 is 0. The normalized spacial score (nSPS) is 11.8. The fraction of sp³-hybridized carbons (Fsp3) is 0.357. The third-order valence-corrected chi connectivity index (χ3v) is 4.24. The van der Waals surface area contributed by atoms with Crippen LogP contribution in [-0.4, -0.2) is 11.2 Å². The molecule has 1 aromatic carbocycles. The highest BCUT2D eigenvalue weighted by Gasteiger charge is 2.17. The summed E-state index contributed by atoms with van der Waals surface area (Å²) in [6.07, 6.45) is 2.09. The van der Waals surface area contributed by atoms with Crippen LogP contribution in [0.5, 0.6) is 0 Å². The maximum atomic E-state index is 4.72. The quantitative estimate of drug-likeness (QED) is 0.720. The van der Waals surface area contributed by atoms with E-state index in [1.54, 1.807) is 23.1 Å². The van der Waals surface area contributed by atoms with Crippen LogP contribution in [0.1, 0.15) is 26.5 Å². The monoisotopic (exact) mass is 263 g/mol. The second-order valence-corrected chi connectivity index (χ2v) is 6.75. The van der Waals surface area contributed by atoms with Crippen LogP contribution in [0.3, 0.4) is 0 Å². The zero-order valence-electron chi connectivity index (χ0n) is 10.7. The Hall–Kier alpha value is -0.800. The number of hydrogen-bond acceptors (Lipinski definition) is 3. The molecule has 0 radical (unpaired) electrons. The van der Waals surface area contributed by atoms with Crippen LogP contribution in [0.4, 0.5) is 0 Å². The van der Waals surface area contributed by atoms with Crippen LogP contribution in [0.15, 0.2) is 34.5 Å². The van der Waals surface area contributed by atoms with E-state index in [2.05, 4.69) is 56.7 Å². The van der Waals surface area contributed by atoms with Gasteiger partial charge in [-0.25, -0.2) is 4.98 Å². The minimum Gasteiger partial charge on any atom is -0.241 e. The van der Waals surface area contributed by atoms with Crippen molar-refractivity contribution in [2.45, 2.75) is 31.1 Å². The first kappa shape index (κ1) is 12.7. The van der Waals surface area contributed by atoms with Crippen LogP contribution >= 0.6 is 23.1 Å². The minimum absolute atomic E-state index is 0.133. The lowest BCUT2D eigenvalue weighted by Crippen LogP contribution is -2.11. The summed E-state index contributed by atoms with van der Waals surface area (Å²) in [5.41, 5.74) is 2.52. The molecule has 0 spiro atoms. The van der Waals surface area contributed by atoms with Crippen LogP contribution in [0, 0.1) is 0 Å². The van der Waals surface area contributed by atoms with Gasteiger partial charge < -0.3 is 0 Å². The molecule has 1 aromatic heterocycles. The number of nitrogens with zero attached hydrogens (tertiary/aromatic N) is 1. The Morgan fingerprint density at radius 1 is 1.12 bits per heavy atom. The molecule has 1 nitrogen and oxygen atoms in total. The average molecular weight is 263 g/mol. The van der Waals surface area contributed by atoms with E-state index in [9.17, 15) is 0 Å². The molecular weight excluding hydrogens is 246 g/mol. The summed E-state index contributed by atoms with van der Waals surface area (Å²) in [5.74, 6) is 0. The van der Waals surface area contributed by atoms with E-state index >= 15 is 0 Å². The van der Waals surface area contributed by atoms with E-state index < -0.39 is 0 Å². The first-order valence-corrected chi connectivity index (χ1v) is 7.71. The molecular formula is C14H17NS2. The van der Waals surface area contributed by atoms with Crippen LogP contribution in [0.25, 0.3) is 10.6 Å². The lowest BCUT2D eigenvalue weighted by atomic mass is 9.93. The summed E-state index contributed by atoms with van der Waals surface area (Å²) in [5, 5.41) is 3.28.